The number of nitrogens with zero attached hydrogens (tertiary/aromatic N) is 2. The van der Waals surface area contributed by atoms with Crippen LogP contribution in [0.15, 0.2) is 84.9 Å². The minimum absolute atomic E-state index is 0.0651. The fraction of sp³-hybridized carbons (Fsp3) is 0.354. The Morgan fingerprint density at radius 3 is 2.13 bits per heavy atom. The summed E-state index contributed by atoms with van der Waals surface area (Å²) in [4.78, 5) is 98.4. The maximum absolute atomic E-state index is 14.6. The highest BCUT2D eigenvalue weighted by Gasteiger charge is 2.41. The molecule has 0 saturated carbocycles. The first-order chi connectivity index (χ1) is 31.9. The van der Waals surface area contributed by atoms with Crippen molar-refractivity contribution < 1.29 is 48.9 Å². The van der Waals surface area contributed by atoms with Crippen LogP contribution in [-0.4, -0.2) is 123 Å². The monoisotopic (exact) mass is 938 g/mol. The quantitative estimate of drug-likeness (QED) is 0.0875. The van der Waals surface area contributed by atoms with Crippen molar-refractivity contribution in [1.82, 2.24) is 31.1 Å². The van der Waals surface area contributed by atoms with Gasteiger partial charge in [-0.25, -0.2) is 0 Å². The first kappa shape index (κ1) is 49.4. The molecule has 2 heterocycles. The van der Waals surface area contributed by atoms with Crippen LogP contribution >= 0.6 is 11.6 Å². The van der Waals surface area contributed by atoms with E-state index in [0.29, 0.717) is 30.0 Å². The number of amides is 7. The Labute approximate surface area is 392 Å². The Bertz CT molecular complexity index is 2520. The number of phenolic OH excluding ortho intramolecular Hbond substituents is 2. The molecule has 18 nitrogen and oxygen atoms in total. The maximum Gasteiger partial charge on any atom is 0.251 e. The number of aliphatic hydroxyl groups is 1. The number of phenols is 2. The Kier molecular flexibility index (Phi) is 15.9. The van der Waals surface area contributed by atoms with Crippen LogP contribution in [0.2, 0.25) is 5.02 Å². The summed E-state index contributed by atoms with van der Waals surface area (Å²) in [6, 6.07) is 14.8. The number of halogens is 1. The average Bonchev–Trinajstić information content (AvgIpc) is 3.70. The van der Waals surface area contributed by atoms with Gasteiger partial charge in [0.2, 0.25) is 35.4 Å². The lowest BCUT2D eigenvalue weighted by Crippen LogP contribution is -2.58. The molecular weight excluding hydrogens is 884 g/mol. The summed E-state index contributed by atoms with van der Waals surface area (Å²) in [5.74, 6) is -5.78. The van der Waals surface area contributed by atoms with E-state index in [1.54, 1.807) is 36.4 Å². The van der Waals surface area contributed by atoms with Crippen LogP contribution in [0.25, 0.3) is 22.3 Å². The number of unbranched alkanes of at least 4 members (excludes halogenated alkanes) is 1. The van der Waals surface area contributed by atoms with Crippen molar-refractivity contribution in [2.24, 2.45) is 11.5 Å². The number of carbonyl (C=O) groups is 7. The SMILES string of the molecule is C[C@@H]1NC(=O)[C@@H](N(C)C(=O)[C@H](CCCCN)NC(=O)c2ccc(-c3ccc(Cl)cc3)cc2)c2ccc(O)c(c2)-c2cc(ccc2O)C[C@@H](C(=O)N[C@@H](C)C(=O)N2C[C@H](O)C[C@H]2C(N)=O)NC1=O. The summed E-state index contributed by atoms with van der Waals surface area (Å²) in [5, 5.41) is 43.7. The number of benzene rings is 4. The molecule has 67 heavy (non-hydrogen) atoms. The second-order valence-corrected chi connectivity index (χ2v) is 17.3. The van der Waals surface area contributed by atoms with Crippen molar-refractivity contribution in [2.45, 2.75) is 88.3 Å². The Hall–Kier alpha value is -7.02. The number of aromatic hydroxyl groups is 2. The molecule has 2 aliphatic heterocycles. The average molecular weight is 939 g/mol. The van der Waals surface area contributed by atoms with E-state index < -0.39 is 83.7 Å². The lowest BCUT2D eigenvalue weighted by molar-refractivity contribution is -0.142. The zero-order chi connectivity index (χ0) is 48.7. The highest BCUT2D eigenvalue weighted by atomic mass is 35.5. The van der Waals surface area contributed by atoms with Crippen LogP contribution in [0.4, 0.5) is 0 Å². The standard InChI is InChI=1S/C48H55ClN8O10/c1-25-43(62)55-37(45(64)53-26(2)47(66)57-24-33(58)23-38(57)42(51)61)21-27-7-17-39(59)34(20-27)35-22-31(14-18-40(35)60)41(46(65)52-25)56(3)48(67)36(6-4-5-19-50)54-44(63)30-10-8-28(9-11-30)29-12-15-32(49)16-13-29/h7-18,20,22,25-26,33,36-38,41,58-60H,4-6,19,21,23-24,50H2,1-3H3,(H2,51,61)(H,52,65)(H,53,64)(H,54,63)(H,55,62)/t25-,26-,33+,36-,37-,38-,41-/m0/s1. The number of aliphatic hydroxyl groups excluding tert-OH is 1. The number of nitrogens with one attached hydrogen (secondary N) is 4. The first-order valence-corrected chi connectivity index (χ1v) is 22.2. The summed E-state index contributed by atoms with van der Waals surface area (Å²) >= 11 is 6.05. The molecule has 0 aliphatic carbocycles. The molecule has 354 valence electrons. The van der Waals surface area contributed by atoms with Crippen molar-refractivity contribution in [2.75, 3.05) is 20.1 Å². The first-order valence-electron chi connectivity index (χ1n) is 21.8. The Balaban J connectivity index is 1.29. The number of fused-ring (bicyclic) bond motifs is 5. The Morgan fingerprint density at radius 1 is 0.866 bits per heavy atom. The molecule has 19 heteroatoms. The summed E-state index contributed by atoms with van der Waals surface area (Å²) in [6.07, 6.45) is -0.121. The highest BCUT2D eigenvalue weighted by molar-refractivity contribution is 6.30. The number of nitrogens with two attached hydrogens (primary N) is 2. The van der Waals surface area contributed by atoms with Gasteiger partial charge in [0.1, 0.15) is 47.8 Å². The van der Waals surface area contributed by atoms with E-state index in [1.165, 1.54) is 57.3 Å². The molecule has 4 bridgehead atoms. The molecule has 0 unspecified atom stereocenters. The summed E-state index contributed by atoms with van der Waals surface area (Å²) < 4.78 is 0. The van der Waals surface area contributed by atoms with Crippen molar-refractivity contribution in [1.29, 1.82) is 0 Å². The van der Waals surface area contributed by atoms with E-state index in [1.807, 2.05) is 12.1 Å². The number of hydrogen-bond acceptors (Lipinski definition) is 11. The van der Waals surface area contributed by atoms with Gasteiger partial charge in [-0.2, -0.15) is 0 Å². The van der Waals surface area contributed by atoms with Crippen LogP contribution in [-0.2, 0) is 35.2 Å². The highest BCUT2D eigenvalue weighted by Crippen LogP contribution is 2.39. The molecule has 7 amide bonds. The van der Waals surface area contributed by atoms with E-state index in [0.717, 1.165) is 20.9 Å². The number of hydrogen-bond donors (Lipinski definition) is 9. The number of likely N-dealkylation sites (N-methyl/N-ethyl adjacent to an activating group) is 1. The topological polar surface area (TPSA) is 287 Å². The van der Waals surface area contributed by atoms with Crippen LogP contribution in [0, 0.1) is 0 Å². The minimum atomic E-state index is -1.48. The van der Waals surface area contributed by atoms with Gasteiger partial charge >= 0.3 is 0 Å². The summed E-state index contributed by atoms with van der Waals surface area (Å²) in [6.45, 7) is 2.89. The van der Waals surface area contributed by atoms with Crippen LogP contribution in [0.1, 0.15) is 67.1 Å². The molecule has 7 atom stereocenters. The van der Waals surface area contributed by atoms with E-state index in [2.05, 4.69) is 21.3 Å². The second-order valence-electron chi connectivity index (χ2n) is 16.9. The van der Waals surface area contributed by atoms with Gasteiger partial charge in [-0.05, 0) is 110 Å². The van der Waals surface area contributed by atoms with Gasteiger partial charge in [0.25, 0.3) is 5.91 Å². The van der Waals surface area contributed by atoms with Crippen molar-refractivity contribution in [3.8, 4) is 33.8 Å². The number of primary amides is 1. The molecule has 4 aromatic carbocycles. The molecular formula is C48H55ClN8O10. The lowest BCUT2D eigenvalue weighted by atomic mass is 9.93. The van der Waals surface area contributed by atoms with E-state index in [-0.39, 0.29) is 59.6 Å². The molecule has 1 saturated heterocycles. The number of β-amino-alcohol motifs (C(OH)–C–C–N with tert-alkyl or cyclic N) is 1. The van der Waals surface area contributed by atoms with E-state index in [4.69, 9.17) is 23.1 Å². The lowest BCUT2D eigenvalue weighted by Gasteiger charge is -2.32. The summed E-state index contributed by atoms with van der Waals surface area (Å²) in [7, 11) is 1.37. The van der Waals surface area contributed by atoms with E-state index >= 15 is 0 Å². The maximum atomic E-state index is 14.6. The largest absolute Gasteiger partial charge is 0.507 e. The van der Waals surface area contributed by atoms with Crippen molar-refractivity contribution in [3.05, 3.63) is 107 Å². The predicted octanol–water partition coefficient (Wildman–Crippen LogP) is 2.01. The third kappa shape index (κ3) is 11.7. The van der Waals surface area contributed by atoms with Gasteiger partial charge in [0, 0.05) is 48.1 Å². The number of rotatable bonds is 13. The van der Waals surface area contributed by atoms with Gasteiger partial charge in [-0.1, -0.05) is 48.0 Å². The molecule has 1 fully saturated rings. The van der Waals surface area contributed by atoms with Crippen LogP contribution in [0.5, 0.6) is 11.5 Å². The van der Waals surface area contributed by atoms with Gasteiger partial charge in [0.15, 0.2) is 0 Å². The number of likely N-dealkylation sites (tertiary alicyclic amines) is 1. The van der Waals surface area contributed by atoms with Crippen LogP contribution in [0.3, 0.4) is 0 Å². The summed E-state index contributed by atoms with van der Waals surface area (Å²) in [5.41, 5.74) is 14.0. The zero-order valence-corrected chi connectivity index (χ0v) is 38.0. The second kappa shape index (κ2) is 21.5. The van der Waals surface area contributed by atoms with Crippen molar-refractivity contribution >= 4 is 53.0 Å². The van der Waals surface area contributed by atoms with E-state index in [9.17, 15) is 48.9 Å². The third-order valence-electron chi connectivity index (χ3n) is 12.0. The molecule has 0 spiro atoms. The smallest absolute Gasteiger partial charge is 0.251 e. The Morgan fingerprint density at radius 2 is 1.49 bits per heavy atom. The van der Waals surface area contributed by atoms with Gasteiger partial charge in [0.05, 0.1) is 6.10 Å². The fourth-order valence-electron chi connectivity index (χ4n) is 8.29. The normalized spacial score (nSPS) is 20.3. The molecule has 4 aromatic rings. The zero-order valence-electron chi connectivity index (χ0n) is 37.2. The number of carbonyl (C=O) groups excluding carboxylic acids is 7. The van der Waals surface area contributed by atoms with Gasteiger partial charge < -0.3 is 57.9 Å². The molecule has 2 aliphatic rings. The molecule has 11 N–H and O–H groups in total. The van der Waals surface area contributed by atoms with Gasteiger partial charge in [-0.3, -0.25) is 33.6 Å². The predicted molar refractivity (Wildman–Crippen MR) is 248 cm³/mol. The third-order valence-corrected chi connectivity index (χ3v) is 12.2. The molecule has 0 aromatic heterocycles. The molecule has 6 rings (SSSR count). The van der Waals surface area contributed by atoms with Crippen LogP contribution < -0.4 is 32.7 Å². The van der Waals surface area contributed by atoms with Gasteiger partial charge in [-0.15, -0.1) is 0 Å². The van der Waals surface area contributed by atoms with Crippen molar-refractivity contribution in [3.63, 3.8) is 0 Å². The minimum Gasteiger partial charge on any atom is -0.507 e. The fourth-order valence-corrected chi connectivity index (χ4v) is 8.41. The molecule has 0 radical (unpaired) electrons.